The minimum Gasteiger partial charge on any atom is -0.444 e. The van der Waals surface area contributed by atoms with Gasteiger partial charge in [0.2, 0.25) is 5.91 Å². The van der Waals surface area contributed by atoms with Crippen LogP contribution in [0.5, 0.6) is 0 Å². The third-order valence-corrected chi connectivity index (χ3v) is 6.05. The first-order valence-electron chi connectivity index (χ1n) is 11.7. The monoisotopic (exact) mass is 491 g/mol. The molecule has 13 heteroatoms. The fourth-order valence-corrected chi connectivity index (χ4v) is 4.39. The van der Waals surface area contributed by atoms with Gasteiger partial charge in [-0.05, 0) is 33.1 Å². The number of aliphatic hydroxyl groups excluding tert-OH is 2. The van der Waals surface area contributed by atoms with E-state index in [1.165, 1.54) is 12.7 Å². The van der Waals surface area contributed by atoms with Gasteiger partial charge < -0.3 is 40.2 Å². The standard InChI is InChI=1S/C22H33N7O6/c1-22(2,3)35-21(33)29-5-4-12(8-29)6-16(32)27-13-7-14(31)20(34-15(13)9-30)28-19-17-18(24-10-23-17)25-11-26-19/h10-15,20,30-31H,4-9H2,1-3H3,(H,27,32)(H2,23,24,25,26,28)/t12-,13-,14+,15+,20+/m1/s1. The SMILES string of the molecule is CC(C)(C)OC(=O)N1CC[C@H](CC(=O)N[C@@H]2C[C@H](O)[C@@H](Nc3ncnc4nc[nH]c34)O[C@H]2CO)C1. The minimum atomic E-state index is -0.967. The van der Waals surface area contributed by atoms with Gasteiger partial charge in [0.15, 0.2) is 17.7 Å². The van der Waals surface area contributed by atoms with Gasteiger partial charge in [0.05, 0.1) is 19.0 Å². The number of aromatic amines is 1. The fraction of sp³-hybridized carbons (Fsp3) is 0.682. The Morgan fingerprint density at radius 1 is 1.31 bits per heavy atom. The molecule has 0 aliphatic carbocycles. The summed E-state index contributed by atoms with van der Waals surface area (Å²) in [5.41, 5.74) is 0.461. The third kappa shape index (κ3) is 6.16. The molecule has 2 aromatic rings. The summed E-state index contributed by atoms with van der Waals surface area (Å²) in [6.45, 7) is 6.09. The van der Waals surface area contributed by atoms with Crippen molar-refractivity contribution in [2.75, 3.05) is 25.0 Å². The summed E-state index contributed by atoms with van der Waals surface area (Å²) < 4.78 is 11.3. The van der Waals surface area contributed by atoms with Gasteiger partial charge >= 0.3 is 6.09 Å². The average Bonchev–Trinajstić information content (AvgIpc) is 3.44. The number of hydrogen-bond acceptors (Lipinski definition) is 10. The Bertz CT molecular complexity index is 1040. The van der Waals surface area contributed by atoms with E-state index in [-0.39, 0.29) is 37.4 Å². The summed E-state index contributed by atoms with van der Waals surface area (Å²) >= 11 is 0. The Labute approximate surface area is 202 Å². The number of H-pyrrole nitrogens is 1. The quantitative estimate of drug-likeness (QED) is 0.379. The molecule has 2 saturated heterocycles. The summed E-state index contributed by atoms with van der Waals surface area (Å²) in [6, 6.07) is -0.568. The second-order valence-electron chi connectivity index (χ2n) is 10.0. The number of hydrogen-bond donors (Lipinski definition) is 5. The zero-order valence-electron chi connectivity index (χ0n) is 20.1. The van der Waals surface area contributed by atoms with Crippen molar-refractivity contribution in [3.05, 3.63) is 12.7 Å². The van der Waals surface area contributed by atoms with Crippen molar-refractivity contribution >= 4 is 29.0 Å². The Morgan fingerprint density at radius 3 is 2.86 bits per heavy atom. The molecular formula is C22H33N7O6. The Hall–Kier alpha value is -3.03. The van der Waals surface area contributed by atoms with Crippen LogP contribution in [0.2, 0.25) is 0 Å². The molecule has 13 nitrogen and oxygen atoms in total. The number of nitrogens with one attached hydrogen (secondary N) is 3. The molecule has 2 aromatic heterocycles. The maximum Gasteiger partial charge on any atom is 0.410 e. The van der Waals surface area contributed by atoms with Crippen molar-refractivity contribution in [3.63, 3.8) is 0 Å². The van der Waals surface area contributed by atoms with Gasteiger partial charge in [-0.25, -0.2) is 19.7 Å². The number of anilines is 1. The summed E-state index contributed by atoms with van der Waals surface area (Å²) in [6.07, 6.45) is 1.03. The molecule has 2 aliphatic rings. The van der Waals surface area contributed by atoms with Gasteiger partial charge in [0.1, 0.15) is 29.7 Å². The molecule has 4 rings (SSSR count). The molecule has 2 amide bonds. The number of likely N-dealkylation sites (tertiary alicyclic amines) is 1. The minimum absolute atomic E-state index is 0.00789. The van der Waals surface area contributed by atoms with Crippen molar-refractivity contribution in [2.45, 2.75) is 70.1 Å². The summed E-state index contributed by atoms with van der Waals surface area (Å²) in [5.74, 6) is 0.196. The number of nitrogens with zero attached hydrogens (tertiary/aromatic N) is 4. The highest BCUT2D eigenvalue weighted by Crippen LogP contribution is 2.25. The van der Waals surface area contributed by atoms with Gasteiger partial charge in [-0.3, -0.25) is 4.79 Å². The molecule has 4 heterocycles. The highest BCUT2D eigenvalue weighted by Gasteiger charge is 2.39. The highest BCUT2D eigenvalue weighted by molar-refractivity contribution is 5.82. The third-order valence-electron chi connectivity index (χ3n) is 6.05. The zero-order chi connectivity index (χ0) is 25.2. The highest BCUT2D eigenvalue weighted by atomic mass is 16.6. The smallest absolute Gasteiger partial charge is 0.410 e. The van der Waals surface area contributed by atoms with E-state index < -0.39 is 30.1 Å². The van der Waals surface area contributed by atoms with Crippen LogP contribution in [0, 0.1) is 5.92 Å². The van der Waals surface area contributed by atoms with Crippen LogP contribution in [-0.2, 0) is 14.3 Å². The lowest BCUT2D eigenvalue weighted by atomic mass is 9.97. The van der Waals surface area contributed by atoms with Crippen molar-refractivity contribution in [1.82, 2.24) is 30.2 Å². The Balaban J connectivity index is 1.29. The van der Waals surface area contributed by atoms with E-state index in [2.05, 4.69) is 30.6 Å². The number of carbonyl (C=O) groups excluding carboxylic acids is 2. The molecule has 35 heavy (non-hydrogen) atoms. The van der Waals surface area contributed by atoms with E-state index in [4.69, 9.17) is 9.47 Å². The van der Waals surface area contributed by atoms with Crippen LogP contribution in [0.3, 0.4) is 0 Å². The summed E-state index contributed by atoms with van der Waals surface area (Å²) in [5, 5.41) is 26.4. The van der Waals surface area contributed by atoms with Crippen LogP contribution in [0.1, 0.15) is 40.0 Å². The van der Waals surface area contributed by atoms with Crippen molar-refractivity contribution in [2.24, 2.45) is 5.92 Å². The Kier molecular flexibility index (Phi) is 7.38. The van der Waals surface area contributed by atoms with E-state index in [9.17, 15) is 19.8 Å². The number of rotatable bonds is 6. The number of imidazole rings is 1. The largest absolute Gasteiger partial charge is 0.444 e. The molecule has 5 atom stereocenters. The predicted molar refractivity (Wildman–Crippen MR) is 124 cm³/mol. The molecule has 0 bridgehead atoms. The van der Waals surface area contributed by atoms with Gasteiger partial charge in [-0.2, -0.15) is 0 Å². The number of aromatic nitrogens is 4. The van der Waals surface area contributed by atoms with Gasteiger partial charge in [-0.1, -0.05) is 0 Å². The molecule has 2 fully saturated rings. The van der Waals surface area contributed by atoms with E-state index in [1.54, 1.807) is 4.90 Å². The molecule has 192 valence electrons. The van der Waals surface area contributed by atoms with Gasteiger partial charge in [-0.15, -0.1) is 0 Å². The Morgan fingerprint density at radius 2 is 2.11 bits per heavy atom. The first-order valence-corrected chi connectivity index (χ1v) is 11.7. The first-order chi connectivity index (χ1) is 16.6. The van der Waals surface area contributed by atoms with Crippen LogP contribution in [0.4, 0.5) is 10.6 Å². The first kappa shape index (κ1) is 25.1. The molecule has 0 spiro atoms. The maximum atomic E-state index is 12.7. The molecule has 5 N–H and O–H groups in total. The van der Waals surface area contributed by atoms with Crippen LogP contribution < -0.4 is 10.6 Å². The number of ether oxygens (including phenoxy) is 2. The van der Waals surface area contributed by atoms with E-state index in [1.807, 2.05) is 20.8 Å². The molecule has 2 aliphatic heterocycles. The van der Waals surface area contributed by atoms with Crippen molar-refractivity contribution in [1.29, 1.82) is 0 Å². The molecule has 0 aromatic carbocycles. The van der Waals surface area contributed by atoms with Crippen LogP contribution in [0.15, 0.2) is 12.7 Å². The van der Waals surface area contributed by atoms with Crippen molar-refractivity contribution in [3.8, 4) is 0 Å². The number of carbonyl (C=O) groups is 2. The maximum absolute atomic E-state index is 12.7. The van der Waals surface area contributed by atoms with Crippen LogP contribution in [0.25, 0.3) is 11.2 Å². The summed E-state index contributed by atoms with van der Waals surface area (Å²) in [7, 11) is 0. The predicted octanol–water partition coefficient (Wildman–Crippen LogP) is 0.365. The molecule has 0 saturated carbocycles. The van der Waals surface area contributed by atoms with E-state index >= 15 is 0 Å². The second-order valence-corrected chi connectivity index (χ2v) is 10.0. The fourth-order valence-electron chi connectivity index (χ4n) is 4.39. The van der Waals surface area contributed by atoms with Gasteiger partial charge in [0.25, 0.3) is 0 Å². The number of fused-ring (bicyclic) bond motifs is 1. The lowest BCUT2D eigenvalue weighted by molar-refractivity contribution is -0.142. The zero-order valence-corrected chi connectivity index (χ0v) is 20.1. The lowest BCUT2D eigenvalue weighted by Gasteiger charge is -2.39. The second kappa shape index (κ2) is 10.3. The van der Waals surface area contributed by atoms with Crippen LogP contribution in [-0.4, -0.2) is 96.8 Å². The molecule has 0 unspecified atom stereocenters. The van der Waals surface area contributed by atoms with E-state index in [0.29, 0.717) is 36.5 Å². The average molecular weight is 492 g/mol. The molecular weight excluding hydrogens is 458 g/mol. The number of amides is 2. The summed E-state index contributed by atoms with van der Waals surface area (Å²) in [4.78, 5) is 41.8. The van der Waals surface area contributed by atoms with Crippen LogP contribution >= 0.6 is 0 Å². The van der Waals surface area contributed by atoms with E-state index in [0.717, 1.165) is 0 Å². The topological polar surface area (TPSA) is 175 Å². The van der Waals surface area contributed by atoms with Crippen molar-refractivity contribution < 1.29 is 29.3 Å². The lowest BCUT2D eigenvalue weighted by Crippen LogP contribution is -2.57. The normalized spacial score (nSPS) is 27.1. The van der Waals surface area contributed by atoms with Gasteiger partial charge in [0, 0.05) is 25.9 Å². The molecule has 0 radical (unpaired) electrons. The number of aliphatic hydroxyl groups is 2.